The molecule has 1 aliphatic carbocycles. The van der Waals surface area contributed by atoms with Gasteiger partial charge in [0.2, 0.25) is 5.91 Å². The van der Waals surface area contributed by atoms with Gasteiger partial charge >= 0.3 is 0 Å². The second-order valence-electron chi connectivity index (χ2n) is 6.65. The molecule has 120 valence electrons. The standard InChI is InChI=1S/C18H26N2O2/c1-14-5-7-16(8-6-14)22-11-10-20-17(21)18-9-3-2-4-15(18)12-19-13-18/h5-8,15,19H,2-4,9-13H2,1H3,(H,20,21)/t15-,18+/m0/s1. The molecule has 4 heteroatoms. The van der Waals surface area contributed by atoms with Gasteiger partial charge in [-0.05, 0) is 44.4 Å². The van der Waals surface area contributed by atoms with Crippen LogP contribution in [-0.2, 0) is 4.79 Å². The molecule has 0 radical (unpaired) electrons. The van der Waals surface area contributed by atoms with Crippen LogP contribution in [0.2, 0.25) is 0 Å². The Bertz CT molecular complexity index is 514. The molecule has 2 aliphatic rings. The molecule has 3 rings (SSSR count). The molecular weight excluding hydrogens is 276 g/mol. The lowest BCUT2D eigenvalue weighted by Gasteiger charge is -2.37. The van der Waals surface area contributed by atoms with Gasteiger partial charge in [0, 0.05) is 6.54 Å². The van der Waals surface area contributed by atoms with Crippen molar-refractivity contribution in [3.63, 3.8) is 0 Å². The van der Waals surface area contributed by atoms with E-state index < -0.39 is 0 Å². The predicted octanol–water partition coefficient (Wildman–Crippen LogP) is 2.27. The molecule has 1 aliphatic heterocycles. The third-order valence-corrected chi connectivity index (χ3v) is 5.17. The summed E-state index contributed by atoms with van der Waals surface area (Å²) in [4.78, 5) is 12.7. The van der Waals surface area contributed by atoms with Crippen LogP contribution in [0.1, 0.15) is 31.2 Å². The van der Waals surface area contributed by atoms with Gasteiger partial charge in [0.15, 0.2) is 0 Å². The van der Waals surface area contributed by atoms with E-state index in [-0.39, 0.29) is 11.3 Å². The highest BCUT2D eigenvalue weighted by Gasteiger charge is 2.49. The van der Waals surface area contributed by atoms with Gasteiger partial charge in [-0.2, -0.15) is 0 Å². The van der Waals surface area contributed by atoms with Crippen LogP contribution in [0.25, 0.3) is 0 Å². The Morgan fingerprint density at radius 3 is 3.00 bits per heavy atom. The third-order valence-electron chi connectivity index (χ3n) is 5.17. The van der Waals surface area contributed by atoms with Crippen molar-refractivity contribution in [1.82, 2.24) is 10.6 Å². The molecule has 1 aromatic carbocycles. The van der Waals surface area contributed by atoms with Crippen LogP contribution in [0.4, 0.5) is 0 Å². The zero-order valence-corrected chi connectivity index (χ0v) is 13.4. The van der Waals surface area contributed by atoms with E-state index in [9.17, 15) is 4.79 Å². The molecular formula is C18H26N2O2. The van der Waals surface area contributed by atoms with Gasteiger partial charge in [-0.25, -0.2) is 0 Å². The number of hydrogen-bond acceptors (Lipinski definition) is 3. The molecule has 2 fully saturated rings. The van der Waals surface area contributed by atoms with Gasteiger partial charge in [-0.1, -0.05) is 30.5 Å². The Morgan fingerprint density at radius 2 is 2.18 bits per heavy atom. The lowest BCUT2D eigenvalue weighted by atomic mass is 9.67. The number of hydrogen-bond donors (Lipinski definition) is 2. The number of rotatable bonds is 5. The van der Waals surface area contributed by atoms with Crippen LogP contribution in [-0.4, -0.2) is 32.1 Å². The fraction of sp³-hybridized carbons (Fsp3) is 0.611. The van der Waals surface area contributed by atoms with E-state index in [0.717, 1.165) is 25.3 Å². The summed E-state index contributed by atoms with van der Waals surface area (Å²) < 4.78 is 5.68. The second kappa shape index (κ2) is 6.69. The largest absolute Gasteiger partial charge is 0.492 e. The van der Waals surface area contributed by atoms with E-state index >= 15 is 0 Å². The minimum absolute atomic E-state index is 0.165. The highest BCUT2D eigenvalue weighted by atomic mass is 16.5. The zero-order valence-electron chi connectivity index (χ0n) is 13.4. The molecule has 1 saturated heterocycles. The van der Waals surface area contributed by atoms with Crippen LogP contribution >= 0.6 is 0 Å². The van der Waals surface area contributed by atoms with Crippen LogP contribution in [0.15, 0.2) is 24.3 Å². The van der Waals surface area contributed by atoms with Crippen LogP contribution in [0.5, 0.6) is 5.75 Å². The van der Waals surface area contributed by atoms with Crippen LogP contribution in [0.3, 0.4) is 0 Å². The molecule has 0 spiro atoms. The first-order valence-electron chi connectivity index (χ1n) is 8.39. The first-order valence-corrected chi connectivity index (χ1v) is 8.39. The number of benzene rings is 1. The number of ether oxygens (including phenoxy) is 1. The van der Waals surface area contributed by atoms with Gasteiger partial charge in [0.25, 0.3) is 0 Å². The molecule has 0 unspecified atom stereocenters. The number of nitrogens with one attached hydrogen (secondary N) is 2. The smallest absolute Gasteiger partial charge is 0.227 e. The lowest BCUT2D eigenvalue weighted by molar-refractivity contribution is -0.134. The first kappa shape index (κ1) is 15.3. The number of carbonyl (C=O) groups is 1. The highest BCUT2D eigenvalue weighted by Crippen LogP contribution is 2.43. The first-order chi connectivity index (χ1) is 10.7. The van der Waals surface area contributed by atoms with Crippen molar-refractivity contribution < 1.29 is 9.53 Å². The number of amides is 1. The van der Waals surface area contributed by atoms with E-state index in [4.69, 9.17) is 4.74 Å². The Balaban J connectivity index is 1.47. The maximum absolute atomic E-state index is 12.7. The van der Waals surface area contributed by atoms with Crippen molar-refractivity contribution in [2.24, 2.45) is 11.3 Å². The average molecular weight is 302 g/mol. The van der Waals surface area contributed by atoms with Crippen molar-refractivity contribution in [1.29, 1.82) is 0 Å². The predicted molar refractivity (Wildman–Crippen MR) is 86.9 cm³/mol. The normalized spacial score (nSPS) is 27.2. The molecule has 1 heterocycles. The summed E-state index contributed by atoms with van der Waals surface area (Å²) in [5, 5.41) is 6.51. The molecule has 0 bridgehead atoms. The molecule has 1 amide bonds. The van der Waals surface area contributed by atoms with Gasteiger partial charge in [0.05, 0.1) is 12.0 Å². The molecule has 1 aromatic rings. The van der Waals surface area contributed by atoms with Crippen molar-refractivity contribution in [3.8, 4) is 5.75 Å². The molecule has 4 nitrogen and oxygen atoms in total. The van der Waals surface area contributed by atoms with Crippen molar-refractivity contribution >= 4 is 5.91 Å². The van der Waals surface area contributed by atoms with E-state index in [0.29, 0.717) is 19.1 Å². The summed E-state index contributed by atoms with van der Waals surface area (Å²) >= 11 is 0. The fourth-order valence-electron chi connectivity index (χ4n) is 3.83. The summed E-state index contributed by atoms with van der Waals surface area (Å²) in [5.41, 5.74) is 1.05. The van der Waals surface area contributed by atoms with E-state index in [1.165, 1.54) is 24.8 Å². The van der Waals surface area contributed by atoms with Crippen molar-refractivity contribution in [2.75, 3.05) is 26.2 Å². The topological polar surface area (TPSA) is 50.4 Å². The summed E-state index contributed by atoms with van der Waals surface area (Å²) in [7, 11) is 0. The molecule has 2 N–H and O–H groups in total. The maximum atomic E-state index is 12.7. The quantitative estimate of drug-likeness (QED) is 0.820. The van der Waals surface area contributed by atoms with Crippen LogP contribution in [0, 0.1) is 18.3 Å². The maximum Gasteiger partial charge on any atom is 0.227 e. The number of fused-ring (bicyclic) bond motifs is 1. The Labute approximate surface area is 132 Å². The molecule has 2 atom stereocenters. The van der Waals surface area contributed by atoms with Crippen molar-refractivity contribution in [2.45, 2.75) is 32.6 Å². The molecule has 1 saturated carbocycles. The second-order valence-corrected chi connectivity index (χ2v) is 6.65. The monoisotopic (exact) mass is 302 g/mol. The zero-order chi connectivity index (χ0) is 15.4. The Morgan fingerprint density at radius 1 is 1.36 bits per heavy atom. The highest BCUT2D eigenvalue weighted by molar-refractivity contribution is 5.83. The van der Waals surface area contributed by atoms with Crippen LogP contribution < -0.4 is 15.4 Å². The van der Waals surface area contributed by atoms with E-state index in [1.54, 1.807) is 0 Å². The van der Waals surface area contributed by atoms with Gasteiger partial charge < -0.3 is 15.4 Å². The summed E-state index contributed by atoms with van der Waals surface area (Å²) in [6.45, 7) is 4.97. The SMILES string of the molecule is Cc1ccc(OCCNC(=O)[C@@]23CCCC[C@H]2CNC3)cc1. The minimum Gasteiger partial charge on any atom is -0.492 e. The van der Waals surface area contributed by atoms with Gasteiger partial charge in [0.1, 0.15) is 12.4 Å². The summed E-state index contributed by atoms with van der Waals surface area (Å²) in [5.74, 6) is 1.59. The fourth-order valence-corrected chi connectivity index (χ4v) is 3.83. The lowest BCUT2D eigenvalue weighted by Crippen LogP contribution is -2.48. The summed E-state index contributed by atoms with van der Waals surface area (Å²) in [6.07, 6.45) is 4.64. The van der Waals surface area contributed by atoms with E-state index in [1.807, 2.05) is 24.3 Å². The van der Waals surface area contributed by atoms with Gasteiger partial charge in [-0.15, -0.1) is 0 Å². The van der Waals surface area contributed by atoms with E-state index in [2.05, 4.69) is 17.6 Å². The molecule has 22 heavy (non-hydrogen) atoms. The average Bonchev–Trinajstić information content (AvgIpc) is 2.98. The summed E-state index contributed by atoms with van der Waals surface area (Å²) in [6, 6.07) is 8.00. The Hall–Kier alpha value is -1.55. The number of aryl methyl sites for hydroxylation is 1. The van der Waals surface area contributed by atoms with Crippen molar-refractivity contribution in [3.05, 3.63) is 29.8 Å². The van der Waals surface area contributed by atoms with Gasteiger partial charge in [-0.3, -0.25) is 4.79 Å². The number of carbonyl (C=O) groups excluding carboxylic acids is 1. The Kier molecular flexibility index (Phi) is 4.67. The molecule has 0 aromatic heterocycles. The third kappa shape index (κ3) is 3.12. The minimum atomic E-state index is -0.165.